The minimum atomic E-state index is -1.10. The number of carbonyl (C=O) groups excluding carboxylic acids is 3. The third-order valence-corrected chi connectivity index (χ3v) is 15.0. The number of fused-ring (bicyclic) bond motifs is 6. The maximum atomic E-state index is 12.2. The van der Waals surface area contributed by atoms with Crippen LogP contribution in [-0.2, 0) is 107 Å². The van der Waals surface area contributed by atoms with Gasteiger partial charge in [0.05, 0.1) is 24.4 Å². The number of benzene rings is 3. The number of carbonyl (C=O) groups is 5. The van der Waals surface area contributed by atoms with Gasteiger partial charge in [-0.05, 0) is 122 Å². The van der Waals surface area contributed by atoms with E-state index in [-0.39, 0.29) is 222 Å². The molecule has 3 radical (unpaired) electrons. The van der Waals surface area contributed by atoms with E-state index in [1.54, 1.807) is 36.8 Å². The van der Waals surface area contributed by atoms with Gasteiger partial charge in [0.25, 0.3) is 0 Å². The first-order valence-electron chi connectivity index (χ1n) is 27.3. The summed E-state index contributed by atoms with van der Waals surface area (Å²) in [5.74, 6) is 0.432. The first-order chi connectivity index (χ1) is 39.0. The van der Waals surface area contributed by atoms with Gasteiger partial charge in [-0.25, -0.2) is 4.79 Å². The Labute approximate surface area is 643 Å². The van der Waals surface area contributed by atoms with Crippen molar-refractivity contribution in [2.45, 2.75) is 64.6 Å². The molecule has 545 valence electrons. The van der Waals surface area contributed by atoms with Gasteiger partial charge >= 0.3 is 42.7 Å². The molecule has 6 aromatic rings. The second-order valence-electron chi connectivity index (χ2n) is 20.6. The molecule has 6 bridgehead atoms. The van der Waals surface area contributed by atoms with Crippen molar-refractivity contribution in [3.8, 4) is 33.8 Å². The maximum Gasteiger partial charge on any atom is 1.00 e. The number of ether oxygens (including phenoxy) is 3. The summed E-state index contributed by atoms with van der Waals surface area (Å²) in [4.78, 5) is 67.5. The standard InChI is InChI=1S/C20H18NO2.C12H10NO.C12H8NO.C10H12O4.C8H10O2.C4H8O.6CH3.Al.3Ir.Li.6H2N.4H/c22-20(18-12-15-6-9-17(18)11-15)23-13-14-4-7-16(8-5-14)19-3-1-2-10-21-19;2*14-9-10-4-6-11(7-5-10)12-3-1-2-8-13-12;11-9(12)5-14-10(13)8-4-6-1-2-7(8)3-6;9-8(10)7-4-5-1-2-6(7)3-5;1-2-4-5-3-1;;;;;;;;;;;;;;;;;;;;;/h1-7,9-10,15,17-18H,11-13H2;1-6,8,14H,9H2;1-6,8-9H;1-2,6-8H,3-5H2,(H,11,12);1-2,5-7H,3-4H2,(H,9,10);1-4H2;6*1H3;;;;;;6*1H2;;;;/q3*-1;;;;6*-1;;;;;+1;6*-1;;;;-1. The van der Waals surface area contributed by atoms with Gasteiger partial charge in [0.1, 0.15) is 6.29 Å². The molecule has 0 spiro atoms. The molecule has 9 atom stereocenters. The van der Waals surface area contributed by atoms with Crippen LogP contribution in [0.25, 0.3) is 70.7 Å². The predicted molar refractivity (Wildman–Crippen MR) is 381 cm³/mol. The van der Waals surface area contributed by atoms with Gasteiger partial charge in [-0.15, -0.1) is 95.1 Å². The number of esters is 2. The topological polar surface area (TPSA) is 413 Å². The molecule has 4 heterocycles. The van der Waals surface area contributed by atoms with Crippen LogP contribution in [-0.4, -0.2) is 97.6 Å². The average Bonchev–Trinajstić information content (AvgIpc) is 1.67. The molecule has 1 saturated heterocycles. The number of aliphatic hydroxyl groups is 1. The van der Waals surface area contributed by atoms with Crippen molar-refractivity contribution in [2.75, 3.05) is 19.8 Å². The number of rotatable bonds is 12. The third kappa shape index (κ3) is 35.0. The number of carboxylic acid groups (broad SMARTS) is 2. The number of aromatic nitrogens is 3. The Morgan fingerprint density at radius 1 is 0.505 bits per heavy atom. The first kappa shape index (κ1) is 113. The largest absolute Gasteiger partial charge is 1.00 e. The Morgan fingerprint density at radius 3 is 1.13 bits per heavy atom. The van der Waals surface area contributed by atoms with Crippen LogP contribution < -0.4 is 18.9 Å². The van der Waals surface area contributed by atoms with E-state index in [9.17, 15) is 24.0 Å². The molecule has 1 aliphatic heterocycles. The minimum absolute atomic E-state index is 0. The van der Waals surface area contributed by atoms with Crippen LogP contribution >= 0.6 is 0 Å². The zero-order valence-corrected chi connectivity index (χ0v) is 63.2. The van der Waals surface area contributed by atoms with E-state index in [0.29, 0.717) is 41.8 Å². The summed E-state index contributed by atoms with van der Waals surface area (Å²) in [6.45, 7) is 1.85. The zero-order chi connectivity index (χ0) is 56.1. The number of nitrogens with two attached hydrogens (primary N) is 6. The fourth-order valence-electron chi connectivity index (χ4n) is 10.8. The van der Waals surface area contributed by atoms with Gasteiger partial charge in [0.2, 0.25) is 0 Å². The molecule has 4 fully saturated rings. The fourth-order valence-corrected chi connectivity index (χ4v) is 10.8. The molecule has 3 aromatic carbocycles. The molecule has 13 rings (SSSR count). The molecule has 3 saturated carbocycles. The Bertz CT molecular complexity index is 3080. The third-order valence-electron chi connectivity index (χ3n) is 15.0. The minimum Gasteiger partial charge on any atom is -1.00 e. The van der Waals surface area contributed by atoms with Gasteiger partial charge in [0.15, 0.2) is 24.0 Å². The van der Waals surface area contributed by atoms with E-state index in [2.05, 4.69) is 68.3 Å². The summed E-state index contributed by atoms with van der Waals surface area (Å²) in [5.41, 5.74) is 7.90. The number of aliphatic hydroxyl groups excluding tert-OH is 1. The van der Waals surface area contributed by atoms with Crippen LogP contribution in [0.4, 0.5) is 0 Å². The molecule has 15 N–H and O–H groups in total. The van der Waals surface area contributed by atoms with Crippen molar-refractivity contribution in [3.05, 3.63) is 281 Å². The number of hydrogen-bond donors (Lipinski definition) is 3. The Balaban J connectivity index is -0.000000103. The van der Waals surface area contributed by atoms with Crippen LogP contribution in [0.2, 0.25) is 0 Å². The Hall–Kier alpha value is -5.36. The van der Waals surface area contributed by atoms with E-state index >= 15 is 0 Å². The van der Waals surface area contributed by atoms with Crippen molar-refractivity contribution in [2.24, 2.45) is 53.3 Å². The van der Waals surface area contributed by atoms with Gasteiger partial charge in [-0.2, -0.15) is 0 Å². The number of nitrogens with zero attached hydrogens (tertiary/aromatic N) is 3. The van der Waals surface area contributed by atoms with Crippen LogP contribution in [0.5, 0.6) is 0 Å². The summed E-state index contributed by atoms with van der Waals surface area (Å²) in [6, 6.07) is 43.2. The summed E-state index contributed by atoms with van der Waals surface area (Å²) in [7, 11) is 0. The van der Waals surface area contributed by atoms with E-state index in [4.69, 9.17) is 24.8 Å². The zero-order valence-electron chi connectivity index (χ0n) is 57.0. The Morgan fingerprint density at radius 2 is 0.876 bits per heavy atom. The molecule has 3 aromatic heterocycles. The summed E-state index contributed by atoms with van der Waals surface area (Å²) < 4.78 is 15.1. The average molecular weight is 1880 g/mol. The second-order valence-corrected chi connectivity index (χ2v) is 20.6. The number of aldehydes is 1. The number of hydrogen-bond acceptors (Lipinski definition) is 12. The van der Waals surface area contributed by atoms with Crippen LogP contribution in [0.15, 0.2) is 164 Å². The summed E-state index contributed by atoms with van der Waals surface area (Å²) in [6.07, 6.45) is 27.3. The monoisotopic (exact) mass is 1880 g/mol. The number of aliphatic carboxylic acids is 2. The molecule has 25 heteroatoms. The maximum absolute atomic E-state index is 12.2. The van der Waals surface area contributed by atoms with E-state index in [1.165, 1.54) is 12.8 Å². The normalized spacial score (nSPS) is 19.2. The fraction of sp³-hybridized carbons (Fsp3) is 0.306. The molecule has 0 amide bonds. The van der Waals surface area contributed by atoms with Crippen molar-refractivity contribution in [3.63, 3.8) is 0 Å². The summed E-state index contributed by atoms with van der Waals surface area (Å²) >= 11 is 0. The number of allylic oxidation sites excluding steroid dienone is 6. The Kier molecular flexibility index (Phi) is 69.3. The molecule has 6 aliphatic carbocycles. The number of carboxylic acids is 2. The van der Waals surface area contributed by atoms with Gasteiger partial charge < -0.3 is 132 Å². The van der Waals surface area contributed by atoms with E-state index in [0.717, 1.165) is 103 Å². The SMILES string of the molecule is C1CCOC1.O=C(O)C1CC2C=CC1C2.O=C(O)COC(=O)C1CC2C=CC1C2.O=C(OCc1c[c-]c(-c2ccccn2)cc1)C1CC2C=CC1C2.O=Cc1c[c-]c(-c2ccccn2)cc1.OCc1c[c-]c(-c2ccccn2)cc1.[AlH3].[CH3-].[CH3-].[CH3-].[CH3-].[CH3-].[CH3-].[H-].[Ir].[Ir].[Ir].[Li+].[NH2-].[NH2-].[NH2-].[NH2-].[NH2-].[NH2-]. The molecular weight excluding hydrogens is 1780 g/mol. The van der Waals surface area contributed by atoms with Gasteiger partial charge in [0, 0.05) is 98.7 Å². The smallest absolute Gasteiger partial charge is 1.00 e. The second kappa shape index (κ2) is 59.5. The summed E-state index contributed by atoms with van der Waals surface area (Å²) in [5, 5.41) is 25.9. The first-order valence-corrected chi connectivity index (χ1v) is 27.3. The molecule has 20 nitrogen and oxygen atoms in total. The van der Waals surface area contributed by atoms with Crippen LogP contribution in [0.1, 0.15) is 74.3 Å². The predicted octanol–water partition coefficient (Wildman–Crippen LogP) is 14.0. The number of pyridine rings is 3. The van der Waals surface area contributed by atoms with Gasteiger partial charge in [-0.3, -0.25) is 14.4 Å². The quantitative estimate of drug-likeness (QED) is 0.0337. The van der Waals surface area contributed by atoms with E-state index < -0.39 is 18.5 Å². The van der Waals surface area contributed by atoms with Crippen molar-refractivity contribution >= 4 is 47.5 Å². The molecule has 97 heavy (non-hydrogen) atoms. The van der Waals surface area contributed by atoms with Crippen molar-refractivity contribution < 1.29 is 134 Å². The molecule has 9 unspecified atom stereocenters. The molecular formula is C72H100AlIr3LiN9O11-15. The van der Waals surface area contributed by atoms with Crippen molar-refractivity contribution in [1.82, 2.24) is 15.0 Å². The van der Waals surface area contributed by atoms with Crippen LogP contribution in [0.3, 0.4) is 0 Å². The molecule has 7 aliphatic rings. The van der Waals surface area contributed by atoms with Gasteiger partial charge in [-0.1, -0.05) is 84.0 Å². The van der Waals surface area contributed by atoms with Crippen molar-refractivity contribution in [1.29, 1.82) is 0 Å². The van der Waals surface area contributed by atoms with E-state index in [1.807, 2.05) is 97.1 Å². The van der Waals surface area contributed by atoms with Crippen LogP contribution in [0, 0.1) is 116 Å².